The highest BCUT2D eigenvalue weighted by Gasteiger charge is 2.38. The lowest BCUT2D eigenvalue weighted by Gasteiger charge is -2.39. The zero-order valence-electron chi connectivity index (χ0n) is 14.0. The molecule has 0 aliphatic heterocycles. The Morgan fingerprint density at radius 2 is 2.08 bits per heavy atom. The maximum atomic E-state index is 12.8. The van der Waals surface area contributed by atoms with Crippen LogP contribution >= 0.6 is 0 Å². The molecule has 1 aromatic heterocycles. The summed E-state index contributed by atoms with van der Waals surface area (Å²) >= 11 is 0. The highest BCUT2D eigenvalue weighted by atomic mass is 19.3. The highest BCUT2D eigenvalue weighted by Crippen LogP contribution is 2.37. The minimum atomic E-state index is -2.29. The third kappa shape index (κ3) is 3.76. The summed E-state index contributed by atoms with van der Waals surface area (Å²) in [6.07, 6.45) is 0.966. The fourth-order valence-corrected chi connectivity index (χ4v) is 3.40. The molecule has 0 radical (unpaired) electrons. The van der Waals surface area contributed by atoms with Crippen molar-refractivity contribution in [1.82, 2.24) is 15.5 Å². The SMILES string of the molecule is COC1(CNC(=O)c2cnnc3ccccc23)CCC(C(F)F)CC1. The van der Waals surface area contributed by atoms with Crippen molar-refractivity contribution < 1.29 is 18.3 Å². The van der Waals surface area contributed by atoms with Gasteiger partial charge >= 0.3 is 0 Å². The number of halogens is 2. The van der Waals surface area contributed by atoms with Gasteiger partial charge in [-0.1, -0.05) is 18.2 Å². The van der Waals surface area contributed by atoms with Gasteiger partial charge in [0.1, 0.15) is 0 Å². The number of aromatic nitrogens is 2. The van der Waals surface area contributed by atoms with Crippen LogP contribution in [0.4, 0.5) is 8.78 Å². The third-order valence-corrected chi connectivity index (χ3v) is 5.09. The van der Waals surface area contributed by atoms with Crippen LogP contribution in [-0.2, 0) is 4.74 Å². The molecule has 1 heterocycles. The summed E-state index contributed by atoms with van der Waals surface area (Å²) < 4.78 is 31.3. The Morgan fingerprint density at radius 1 is 1.36 bits per heavy atom. The van der Waals surface area contributed by atoms with E-state index in [1.807, 2.05) is 18.2 Å². The van der Waals surface area contributed by atoms with Gasteiger partial charge in [0.25, 0.3) is 5.91 Å². The minimum absolute atomic E-state index is 0.265. The third-order valence-electron chi connectivity index (χ3n) is 5.09. The average molecular weight is 349 g/mol. The Labute approximate surface area is 144 Å². The standard InChI is InChI=1S/C18H21F2N3O2/c1-25-18(8-6-12(7-9-18)16(19)20)11-21-17(24)14-10-22-23-15-5-3-2-4-13(14)15/h2-5,10,12,16H,6-9,11H2,1H3,(H,21,24). The summed E-state index contributed by atoms with van der Waals surface area (Å²) in [6.45, 7) is 0.287. The van der Waals surface area contributed by atoms with E-state index < -0.39 is 17.9 Å². The van der Waals surface area contributed by atoms with Gasteiger partial charge in [-0.05, 0) is 31.7 Å². The van der Waals surface area contributed by atoms with Gasteiger partial charge in [0, 0.05) is 25.0 Å². The molecule has 1 aliphatic rings. The van der Waals surface area contributed by atoms with Crippen LogP contribution in [0.3, 0.4) is 0 Å². The van der Waals surface area contributed by atoms with E-state index in [2.05, 4.69) is 15.5 Å². The molecule has 1 amide bonds. The lowest BCUT2D eigenvalue weighted by molar-refractivity contribution is -0.0654. The number of ether oxygens (including phenoxy) is 1. The lowest BCUT2D eigenvalue weighted by atomic mass is 9.78. The molecule has 0 spiro atoms. The van der Waals surface area contributed by atoms with Gasteiger partial charge < -0.3 is 10.1 Å². The number of rotatable bonds is 5. The van der Waals surface area contributed by atoms with E-state index in [0.29, 0.717) is 36.8 Å². The van der Waals surface area contributed by atoms with Crippen LogP contribution in [-0.4, -0.2) is 41.8 Å². The van der Waals surface area contributed by atoms with E-state index in [1.54, 1.807) is 13.2 Å². The number of carbonyl (C=O) groups is 1. The fourth-order valence-electron chi connectivity index (χ4n) is 3.40. The maximum Gasteiger partial charge on any atom is 0.253 e. The van der Waals surface area contributed by atoms with Crippen LogP contribution in [0.25, 0.3) is 10.9 Å². The molecule has 7 heteroatoms. The smallest absolute Gasteiger partial charge is 0.253 e. The molecule has 0 atom stereocenters. The van der Waals surface area contributed by atoms with E-state index in [9.17, 15) is 13.6 Å². The number of nitrogens with zero attached hydrogens (tertiary/aromatic N) is 2. The molecule has 0 unspecified atom stereocenters. The number of carbonyl (C=O) groups excluding carboxylic acids is 1. The molecular formula is C18H21F2N3O2. The van der Waals surface area contributed by atoms with Gasteiger partial charge in [-0.25, -0.2) is 8.78 Å². The molecule has 1 fully saturated rings. The number of nitrogens with one attached hydrogen (secondary N) is 1. The summed E-state index contributed by atoms with van der Waals surface area (Å²) in [5.41, 5.74) is 0.504. The van der Waals surface area contributed by atoms with Crippen molar-refractivity contribution >= 4 is 16.8 Å². The van der Waals surface area contributed by atoms with Crippen molar-refractivity contribution in [1.29, 1.82) is 0 Å². The molecule has 1 aromatic carbocycles. The second kappa shape index (κ2) is 7.39. The molecular weight excluding hydrogens is 328 g/mol. The second-order valence-corrected chi connectivity index (χ2v) is 6.52. The number of benzene rings is 1. The largest absolute Gasteiger partial charge is 0.376 e. The predicted molar refractivity (Wildman–Crippen MR) is 89.6 cm³/mol. The van der Waals surface area contributed by atoms with E-state index >= 15 is 0 Å². The van der Waals surface area contributed by atoms with E-state index in [4.69, 9.17) is 4.74 Å². The molecule has 3 rings (SSSR count). The number of amides is 1. The zero-order chi connectivity index (χ0) is 17.9. The van der Waals surface area contributed by atoms with Gasteiger partial charge in [0.15, 0.2) is 0 Å². The summed E-state index contributed by atoms with van der Waals surface area (Å²) in [4.78, 5) is 12.6. The summed E-state index contributed by atoms with van der Waals surface area (Å²) in [5, 5.41) is 11.5. The van der Waals surface area contributed by atoms with Crippen molar-refractivity contribution in [2.45, 2.75) is 37.7 Å². The second-order valence-electron chi connectivity index (χ2n) is 6.52. The summed E-state index contributed by atoms with van der Waals surface area (Å²) in [6, 6.07) is 7.28. The number of fused-ring (bicyclic) bond motifs is 1. The number of alkyl halides is 2. The maximum absolute atomic E-state index is 12.8. The first-order valence-corrected chi connectivity index (χ1v) is 8.36. The molecule has 1 N–H and O–H groups in total. The average Bonchev–Trinajstić information content (AvgIpc) is 2.66. The normalized spacial score (nSPS) is 23.8. The molecule has 134 valence electrons. The summed E-state index contributed by atoms with van der Waals surface area (Å²) in [7, 11) is 1.57. The van der Waals surface area contributed by atoms with Crippen LogP contribution in [0.15, 0.2) is 30.5 Å². The van der Waals surface area contributed by atoms with Crippen LogP contribution in [0.1, 0.15) is 36.0 Å². The Balaban J connectivity index is 1.68. The minimum Gasteiger partial charge on any atom is -0.376 e. The van der Waals surface area contributed by atoms with Crippen molar-refractivity contribution in [2.24, 2.45) is 5.92 Å². The Kier molecular flexibility index (Phi) is 5.22. The Morgan fingerprint density at radius 3 is 2.76 bits per heavy atom. The predicted octanol–water partition coefficient (Wildman–Crippen LogP) is 3.20. The Bertz CT molecular complexity index is 741. The number of methoxy groups -OCH3 is 1. The molecule has 0 bridgehead atoms. The zero-order valence-corrected chi connectivity index (χ0v) is 14.0. The van der Waals surface area contributed by atoms with Gasteiger partial charge in [-0.3, -0.25) is 4.79 Å². The molecule has 25 heavy (non-hydrogen) atoms. The van der Waals surface area contributed by atoms with Gasteiger partial charge in [-0.2, -0.15) is 10.2 Å². The monoisotopic (exact) mass is 349 g/mol. The topological polar surface area (TPSA) is 64.1 Å². The van der Waals surface area contributed by atoms with Gasteiger partial charge in [-0.15, -0.1) is 0 Å². The van der Waals surface area contributed by atoms with Crippen molar-refractivity contribution in [2.75, 3.05) is 13.7 Å². The van der Waals surface area contributed by atoms with Gasteiger partial charge in [0.2, 0.25) is 6.43 Å². The van der Waals surface area contributed by atoms with Crippen molar-refractivity contribution in [3.63, 3.8) is 0 Å². The lowest BCUT2D eigenvalue weighted by Crippen LogP contribution is -2.47. The molecule has 0 saturated heterocycles. The first kappa shape index (κ1) is 17.7. The van der Waals surface area contributed by atoms with Crippen molar-refractivity contribution in [3.05, 3.63) is 36.0 Å². The first-order chi connectivity index (χ1) is 12.0. The molecule has 1 saturated carbocycles. The first-order valence-electron chi connectivity index (χ1n) is 8.36. The van der Waals surface area contributed by atoms with E-state index in [1.165, 1.54) is 6.20 Å². The molecule has 1 aliphatic carbocycles. The Hall–Kier alpha value is -2.15. The van der Waals surface area contributed by atoms with Crippen LogP contribution < -0.4 is 5.32 Å². The van der Waals surface area contributed by atoms with Crippen LogP contribution in [0.5, 0.6) is 0 Å². The number of hydrogen-bond donors (Lipinski definition) is 1. The number of hydrogen-bond acceptors (Lipinski definition) is 4. The quantitative estimate of drug-likeness (QED) is 0.900. The van der Waals surface area contributed by atoms with Crippen LogP contribution in [0.2, 0.25) is 0 Å². The van der Waals surface area contributed by atoms with Crippen LogP contribution in [0, 0.1) is 5.92 Å². The van der Waals surface area contributed by atoms with E-state index in [0.717, 1.165) is 5.39 Å². The van der Waals surface area contributed by atoms with E-state index in [-0.39, 0.29) is 12.5 Å². The highest BCUT2D eigenvalue weighted by molar-refractivity contribution is 6.05. The molecule has 5 nitrogen and oxygen atoms in total. The summed E-state index contributed by atoms with van der Waals surface area (Å²) in [5.74, 6) is -0.842. The fraction of sp³-hybridized carbons (Fsp3) is 0.500. The molecule has 2 aromatic rings. The van der Waals surface area contributed by atoms with Crippen molar-refractivity contribution in [3.8, 4) is 0 Å². The van der Waals surface area contributed by atoms with Gasteiger partial charge in [0.05, 0.1) is 22.9 Å².